The second-order valence-corrected chi connectivity index (χ2v) is 4.18. The van der Waals surface area contributed by atoms with E-state index in [2.05, 4.69) is 4.74 Å². The highest BCUT2D eigenvalue weighted by Crippen LogP contribution is 2.13. The number of aromatic nitrogens is 1. The molecule has 0 radical (unpaired) electrons. The van der Waals surface area contributed by atoms with Gasteiger partial charge in [0, 0.05) is 7.05 Å². The van der Waals surface area contributed by atoms with Crippen LogP contribution >= 0.6 is 11.8 Å². The second-order valence-electron chi connectivity index (χ2n) is 2.87. The van der Waals surface area contributed by atoms with Crippen LogP contribution < -0.4 is 5.56 Å². The molecule has 5 heteroatoms. The van der Waals surface area contributed by atoms with Gasteiger partial charge in [0.05, 0.1) is 12.0 Å². The molecular weight excluding hydrogens is 214 g/mol. The highest BCUT2D eigenvalue weighted by atomic mass is 32.2. The third-order valence-corrected chi connectivity index (χ3v) is 2.87. The van der Waals surface area contributed by atoms with Crippen molar-refractivity contribution in [1.82, 2.24) is 4.57 Å². The number of nitrogens with zero attached hydrogens (tertiary/aromatic N) is 1. The molecule has 1 aromatic heterocycles. The van der Waals surface area contributed by atoms with Crippen LogP contribution in [0.15, 0.2) is 21.8 Å². The van der Waals surface area contributed by atoms with Gasteiger partial charge in [0.2, 0.25) is 0 Å². The second kappa shape index (κ2) is 5.02. The molecule has 1 aromatic rings. The zero-order chi connectivity index (χ0) is 11.4. The molecule has 0 aromatic carbocycles. The van der Waals surface area contributed by atoms with Crippen molar-refractivity contribution in [2.24, 2.45) is 7.05 Å². The van der Waals surface area contributed by atoms with Crippen molar-refractivity contribution in [3.63, 3.8) is 0 Å². The van der Waals surface area contributed by atoms with Gasteiger partial charge in [0.1, 0.15) is 5.69 Å². The molecule has 82 valence electrons. The van der Waals surface area contributed by atoms with Crippen LogP contribution in [0.1, 0.15) is 17.4 Å². The lowest BCUT2D eigenvalue weighted by atomic mass is 10.3. The number of thioether (sulfide) groups is 1. The SMILES string of the molecule is CCSc1ccc(C(=O)OC)n(C)c1=O. The predicted octanol–water partition coefficient (Wildman–Crippen LogP) is 1.28. The topological polar surface area (TPSA) is 48.3 Å². The Hall–Kier alpha value is -1.23. The van der Waals surface area contributed by atoms with Crippen molar-refractivity contribution in [3.05, 3.63) is 28.2 Å². The van der Waals surface area contributed by atoms with E-state index in [0.29, 0.717) is 4.90 Å². The largest absolute Gasteiger partial charge is 0.464 e. The highest BCUT2D eigenvalue weighted by molar-refractivity contribution is 7.99. The fourth-order valence-electron chi connectivity index (χ4n) is 1.19. The molecule has 15 heavy (non-hydrogen) atoms. The van der Waals surface area contributed by atoms with Crippen LogP contribution in [-0.4, -0.2) is 23.4 Å². The molecule has 0 aliphatic heterocycles. The van der Waals surface area contributed by atoms with Crippen LogP contribution in [-0.2, 0) is 11.8 Å². The monoisotopic (exact) mass is 227 g/mol. The summed E-state index contributed by atoms with van der Waals surface area (Å²) >= 11 is 1.46. The summed E-state index contributed by atoms with van der Waals surface area (Å²) in [6, 6.07) is 3.26. The number of methoxy groups -OCH3 is 1. The van der Waals surface area contributed by atoms with Crippen LogP contribution in [0.2, 0.25) is 0 Å². The van der Waals surface area contributed by atoms with Crippen molar-refractivity contribution in [2.75, 3.05) is 12.9 Å². The third-order valence-electron chi connectivity index (χ3n) is 1.96. The van der Waals surface area contributed by atoms with E-state index in [1.807, 2.05) is 6.92 Å². The highest BCUT2D eigenvalue weighted by Gasteiger charge is 2.12. The molecular formula is C10H13NO3S. The van der Waals surface area contributed by atoms with Gasteiger partial charge in [-0.3, -0.25) is 4.79 Å². The Bertz CT molecular complexity index is 425. The first kappa shape index (κ1) is 11.8. The molecule has 0 saturated heterocycles. The van der Waals surface area contributed by atoms with Crippen LogP contribution in [0.25, 0.3) is 0 Å². The Morgan fingerprint density at radius 3 is 2.73 bits per heavy atom. The lowest BCUT2D eigenvalue weighted by molar-refractivity contribution is 0.0588. The van der Waals surface area contributed by atoms with Gasteiger partial charge in [-0.15, -0.1) is 11.8 Å². The van der Waals surface area contributed by atoms with E-state index in [-0.39, 0.29) is 11.3 Å². The van der Waals surface area contributed by atoms with Gasteiger partial charge >= 0.3 is 5.97 Å². The van der Waals surface area contributed by atoms with Crippen molar-refractivity contribution in [1.29, 1.82) is 0 Å². The molecule has 0 aliphatic rings. The van der Waals surface area contributed by atoms with Crippen molar-refractivity contribution in [2.45, 2.75) is 11.8 Å². The summed E-state index contributed by atoms with van der Waals surface area (Å²) in [5, 5.41) is 0. The molecule has 1 rings (SSSR count). The molecule has 0 saturated carbocycles. The first-order chi connectivity index (χ1) is 7.11. The standard InChI is InChI=1S/C10H13NO3S/c1-4-15-8-6-5-7(10(13)14-3)11(2)9(8)12/h5-6H,4H2,1-3H3. The first-order valence-electron chi connectivity index (χ1n) is 4.53. The number of hydrogen-bond donors (Lipinski definition) is 0. The number of rotatable bonds is 3. The lowest BCUT2D eigenvalue weighted by Crippen LogP contribution is -2.24. The van der Waals surface area contributed by atoms with Crippen LogP contribution in [0.3, 0.4) is 0 Å². The third kappa shape index (κ3) is 2.41. The van der Waals surface area contributed by atoms with Crippen molar-refractivity contribution < 1.29 is 9.53 Å². The summed E-state index contributed by atoms with van der Waals surface area (Å²) in [7, 11) is 2.86. The van der Waals surface area contributed by atoms with E-state index < -0.39 is 5.97 Å². The maximum Gasteiger partial charge on any atom is 0.354 e. The number of esters is 1. The summed E-state index contributed by atoms with van der Waals surface area (Å²) in [4.78, 5) is 23.6. The molecule has 0 amide bonds. The van der Waals surface area contributed by atoms with Gasteiger partial charge < -0.3 is 9.30 Å². The fraction of sp³-hybridized carbons (Fsp3) is 0.400. The minimum atomic E-state index is -0.498. The Kier molecular flexibility index (Phi) is 3.96. The minimum Gasteiger partial charge on any atom is -0.464 e. The molecule has 0 unspecified atom stereocenters. The smallest absolute Gasteiger partial charge is 0.354 e. The lowest BCUT2D eigenvalue weighted by Gasteiger charge is -2.07. The summed E-state index contributed by atoms with van der Waals surface area (Å²) in [5.41, 5.74) is 0.104. The van der Waals surface area contributed by atoms with Gasteiger partial charge in [0.15, 0.2) is 0 Å². The summed E-state index contributed by atoms with van der Waals surface area (Å²) in [6.45, 7) is 1.97. The number of carbonyl (C=O) groups is 1. The van der Waals surface area contributed by atoms with Crippen LogP contribution in [0, 0.1) is 0 Å². The molecule has 0 atom stereocenters. The van der Waals surface area contributed by atoms with Gasteiger partial charge in [-0.25, -0.2) is 4.79 Å². The summed E-state index contributed by atoms with van der Waals surface area (Å²) < 4.78 is 5.88. The zero-order valence-corrected chi connectivity index (χ0v) is 9.76. The Balaban J connectivity index is 3.21. The zero-order valence-electron chi connectivity index (χ0n) is 8.94. The molecule has 0 N–H and O–H groups in total. The van der Waals surface area contributed by atoms with Gasteiger partial charge in [0.25, 0.3) is 5.56 Å². The summed E-state index contributed by atoms with van der Waals surface area (Å²) in [6.07, 6.45) is 0. The van der Waals surface area contributed by atoms with Crippen molar-refractivity contribution >= 4 is 17.7 Å². The maximum atomic E-state index is 11.7. The quantitative estimate of drug-likeness (QED) is 0.576. The van der Waals surface area contributed by atoms with Gasteiger partial charge in [-0.1, -0.05) is 6.92 Å². The van der Waals surface area contributed by atoms with Gasteiger partial charge in [-0.05, 0) is 17.9 Å². The Morgan fingerprint density at radius 2 is 2.20 bits per heavy atom. The number of carbonyl (C=O) groups excluding carboxylic acids is 1. The predicted molar refractivity (Wildman–Crippen MR) is 59.4 cm³/mol. The number of ether oxygens (including phenoxy) is 1. The number of pyridine rings is 1. The molecule has 0 bridgehead atoms. The minimum absolute atomic E-state index is 0.162. The fourth-order valence-corrected chi connectivity index (χ4v) is 1.92. The normalized spacial score (nSPS) is 10.1. The molecule has 1 heterocycles. The average molecular weight is 227 g/mol. The van der Waals surface area contributed by atoms with Crippen LogP contribution in [0.5, 0.6) is 0 Å². The van der Waals surface area contributed by atoms with E-state index in [1.165, 1.54) is 23.4 Å². The van der Waals surface area contributed by atoms with E-state index in [0.717, 1.165) is 5.75 Å². The van der Waals surface area contributed by atoms with E-state index >= 15 is 0 Å². The molecule has 4 nitrogen and oxygen atoms in total. The Labute approximate surface area is 92.2 Å². The van der Waals surface area contributed by atoms with E-state index in [4.69, 9.17) is 0 Å². The molecule has 0 spiro atoms. The summed E-state index contributed by atoms with van der Waals surface area (Å²) in [5.74, 6) is 0.329. The van der Waals surface area contributed by atoms with E-state index in [1.54, 1.807) is 19.2 Å². The average Bonchev–Trinajstić information content (AvgIpc) is 2.24. The van der Waals surface area contributed by atoms with Crippen molar-refractivity contribution in [3.8, 4) is 0 Å². The van der Waals surface area contributed by atoms with E-state index in [9.17, 15) is 9.59 Å². The number of hydrogen-bond acceptors (Lipinski definition) is 4. The maximum absolute atomic E-state index is 11.7. The molecule has 0 aliphatic carbocycles. The Morgan fingerprint density at radius 1 is 1.53 bits per heavy atom. The van der Waals surface area contributed by atoms with Gasteiger partial charge in [-0.2, -0.15) is 0 Å². The van der Waals surface area contributed by atoms with Crippen LogP contribution in [0.4, 0.5) is 0 Å². The molecule has 0 fully saturated rings. The first-order valence-corrected chi connectivity index (χ1v) is 5.51.